The van der Waals surface area contributed by atoms with Gasteiger partial charge < -0.3 is 0 Å². The van der Waals surface area contributed by atoms with Gasteiger partial charge in [-0.1, -0.05) is 82.7 Å². The van der Waals surface area contributed by atoms with Gasteiger partial charge in [0.2, 0.25) is 0 Å². The minimum Gasteiger partial charge on any atom is -0.297 e. The molecule has 5 rings (SSSR count). The van der Waals surface area contributed by atoms with Crippen molar-refractivity contribution in [2.45, 2.75) is 12.6 Å². The second kappa shape index (κ2) is 7.23. The summed E-state index contributed by atoms with van der Waals surface area (Å²) in [6, 6.07) is 26.8. The molecule has 0 atom stereocenters. The molecule has 0 spiro atoms. The van der Waals surface area contributed by atoms with E-state index in [1.54, 1.807) is 0 Å². The van der Waals surface area contributed by atoms with Crippen molar-refractivity contribution in [3.63, 3.8) is 0 Å². The topological polar surface area (TPSA) is 6.48 Å². The van der Waals surface area contributed by atoms with Crippen LogP contribution in [0.4, 0.5) is 0 Å². The number of hydrogen-bond acceptors (Lipinski definition) is 2. The summed E-state index contributed by atoms with van der Waals surface area (Å²) in [6.07, 6.45) is 0. The predicted molar refractivity (Wildman–Crippen MR) is 115 cm³/mol. The predicted octanol–water partition coefficient (Wildman–Crippen LogP) is 5.34. The highest BCUT2D eigenvalue weighted by Gasteiger charge is 2.34. The van der Waals surface area contributed by atoms with Gasteiger partial charge in [-0.2, -0.15) is 0 Å². The van der Waals surface area contributed by atoms with Crippen LogP contribution in [0.15, 0.2) is 77.3 Å². The molecule has 1 heterocycles. The molecule has 0 saturated carbocycles. The van der Waals surface area contributed by atoms with Crippen molar-refractivity contribution in [3.8, 4) is 11.1 Å². The summed E-state index contributed by atoms with van der Waals surface area (Å²) >= 11 is 3.69. The van der Waals surface area contributed by atoms with E-state index < -0.39 is 0 Å². The maximum atomic E-state index is 3.69. The maximum Gasteiger partial charge on any atom is 0.0614 e. The Hall–Kier alpha value is -1.94. The van der Waals surface area contributed by atoms with Gasteiger partial charge in [-0.05, 0) is 33.9 Å². The Bertz CT molecular complexity index is 914. The summed E-state index contributed by atoms with van der Waals surface area (Å²) in [7, 11) is 0. The Morgan fingerprint density at radius 2 is 1.26 bits per heavy atom. The molecular formula is C24H23BrN2. The molecule has 0 aromatic heterocycles. The van der Waals surface area contributed by atoms with Crippen LogP contribution in [-0.2, 0) is 6.54 Å². The van der Waals surface area contributed by atoms with Crippen molar-refractivity contribution in [2.24, 2.45) is 0 Å². The van der Waals surface area contributed by atoms with Gasteiger partial charge in [0, 0.05) is 37.2 Å². The van der Waals surface area contributed by atoms with Gasteiger partial charge in [-0.25, -0.2) is 0 Å². The summed E-state index contributed by atoms with van der Waals surface area (Å²) in [6.45, 7) is 5.47. The zero-order valence-corrected chi connectivity index (χ0v) is 16.9. The van der Waals surface area contributed by atoms with Crippen LogP contribution >= 0.6 is 15.9 Å². The molecule has 136 valence electrons. The highest BCUT2D eigenvalue weighted by molar-refractivity contribution is 9.10. The molecule has 0 amide bonds. The average Bonchev–Trinajstić information content (AvgIpc) is 3.05. The lowest BCUT2D eigenvalue weighted by molar-refractivity contribution is 0.106. The normalized spacial score (nSPS) is 17.7. The highest BCUT2D eigenvalue weighted by atomic mass is 79.9. The number of fused-ring (bicyclic) bond motifs is 3. The zero-order chi connectivity index (χ0) is 18.2. The van der Waals surface area contributed by atoms with Crippen LogP contribution in [0.3, 0.4) is 0 Å². The molecule has 2 nitrogen and oxygen atoms in total. The monoisotopic (exact) mass is 418 g/mol. The molecular weight excluding hydrogens is 396 g/mol. The quantitative estimate of drug-likeness (QED) is 0.566. The molecule has 3 aromatic carbocycles. The Morgan fingerprint density at radius 1 is 0.704 bits per heavy atom. The second-order valence-corrected chi connectivity index (χ2v) is 8.33. The first-order valence-corrected chi connectivity index (χ1v) is 10.5. The first kappa shape index (κ1) is 17.2. The van der Waals surface area contributed by atoms with E-state index in [1.165, 1.54) is 32.3 Å². The van der Waals surface area contributed by atoms with Crippen LogP contribution in [-0.4, -0.2) is 36.0 Å². The van der Waals surface area contributed by atoms with E-state index in [0.717, 1.165) is 32.7 Å². The zero-order valence-electron chi connectivity index (χ0n) is 15.3. The Kier molecular flexibility index (Phi) is 4.60. The van der Waals surface area contributed by atoms with Gasteiger partial charge in [0.05, 0.1) is 6.04 Å². The molecule has 1 aliphatic heterocycles. The molecule has 1 aliphatic carbocycles. The average molecular weight is 419 g/mol. The third-order valence-electron chi connectivity index (χ3n) is 5.92. The lowest BCUT2D eigenvalue weighted by atomic mass is 10.0. The third-order valence-corrected chi connectivity index (χ3v) is 6.70. The lowest BCUT2D eigenvalue weighted by Gasteiger charge is -2.38. The van der Waals surface area contributed by atoms with Gasteiger partial charge in [0.25, 0.3) is 0 Å². The fourth-order valence-electron chi connectivity index (χ4n) is 4.57. The van der Waals surface area contributed by atoms with Crippen LogP contribution in [0.2, 0.25) is 0 Å². The molecule has 1 saturated heterocycles. The molecule has 0 bridgehead atoms. The third kappa shape index (κ3) is 3.14. The van der Waals surface area contributed by atoms with Gasteiger partial charge in [-0.15, -0.1) is 0 Å². The fourth-order valence-corrected chi connectivity index (χ4v) is 4.98. The smallest absolute Gasteiger partial charge is 0.0614 e. The largest absolute Gasteiger partial charge is 0.297 e. The van der Waals surface area contributed by atoms with E-state index in [0.29, 0.717) is 6.04 Å². The first-order chi connectivity index (χ1) is 13.3. The molecule has 27 heavy (non-hydrogen) atoms. The number of halogens is 1. The van der Waals surface area contributed by atoms with Crippen molar-refractivity contribution in [2.75, 3.05) is 26.2 Å². The standard InChI is InChI=1S/C24H23BrN2/c25-23-12-6-1-7-18(23)17-26-13-15-27(16-14-26)24-21-10-4-2-8-19(21)20-9-3-5-11-22(20)24/h1-12,24H,13-17H2. The minimum atomic E-state index is 0.406. The van der Waals surface area contributed by atoms with E-state index in [9.17, 15) is 0 Å². The molecule has 0 radical (unpaired) electrons. The Labute approximate surface area is 169 Å². The minimum absolute atomic E-state index is 0.406. The highest BCUT2D eigenvalue weighted by Crippen LogP contribution is 2.46. The SMILES string of the molecule is Brc1ccccc1CN1CCN(C2c3ccccc3-c3ccccc32)CC1. The van der Waals surface area contributed by atoms with E-state index in [2.05, 4.69) is 98.5 Å². The fraction of sp³-hybridized carbons (Fsp3) is 0.250. The Balaban J connectivity index is 1.35. The van der Waals surface area contributed by atoms with Crippen LogP contribution < -0.4 is 0 Å². The number of benzene rings is 3. The Morgan fingerprint density at radius 3 is 1.89 bits per heavy atom. The van der Waals surface area contributed by atoms with E-state index in [4.69, 9.17) is 0 Å². The number of rotatable bonds is 3. The van der Waals surface area contributed by atoms with Crippen LogP contribution in [0.1, 0.15) is 22.7 Å². The molecule has 1 fully saturated rings. The van der Waals surface area contributed by atoms with Crippen molar-refractivity contribution in [1.29, 1.82) is 0 Å². The molecule has 0 unspecified atom stereocenters. The summed E-state index contributed by atoms with van der Waals surface area (Å²) in [5.74, 6) is 0. The van der Waals surface area contributed by atoms with Crippen LogP contribution in [0.5, 0.6) is 0 Å². The summed E-state index contributed by atoms with van der Waals surface area (Å²) in [4.78, 5) is 5.24. The van der Waals surface area contributed by atoms with Crippen LogP contribution in [0.25, 0.3) is 11.1 Å². The summed E-state index contributed by atoms with van der Waals surface area (Å²) in [5, 5.41) is 0. The van der Waals surface area contributed by atoms with Gasteiger partial charge in [-0.3, -0.25) is 9.80 Å². The lowest BCUT2D eigenvalue weighted by Crippen LogP contribution is -2.47. The van der Waals surface area contributed by atoms with Gasteiger partial charge in [0.15, 0.2) is 0 Å². The molecule has 2 aliphatic rings. The number of nitrogens with zero attached hydrogens (tertiary/aromatic N) is 2. The van der Waals surface area contributed by atoms with Gasteiger partial charge in [0.1, 0.15) is 0 Å². The van der Waals surface area contributed by atoms with Crippen molar-refractivity contribution < 1.29 is 0 Å². The molecule has 0 N–H and O–H groups in total. The number of piperazine rings is 1. The first-order valence-electron chi connectivity index (χ1n) is 9.69. The van der Waals surface area contributed by atoms with Gasteiger partial charge >= 0.3 is 0 Å². The molecule has 3 aromatic rings. The van der Waals surface area contributed by atoms with E-state index in [1.807, 2.05) is 0 Å². The van der Waals surface area contributed by atoms with E-state index in [-0.39, 0.29) is 0 Å². The van der Waals surface area contributed by atoms with Crippen molar-refractivity contribution in [1.82, 2.24) is 9.80 Å². The summed E-state index contributed by atoms with van der Waals surface area (Å²) < 4.78 is 1.21. The molecule has 3 heteroatoms. The summed E-state index contributed by atoms with van der Waals surface area (Å²) in [5.41, 5.74) is 7.14. The van der Waals surface area contributed by atoms with Crippen LogP contribution in [0, 0.1) is 0 Å². The number of hydrogen-bond donors (Lipinski definition) is 0. The second-order valence-electron chi connectivity index (χ2n) is 7.48. The maximum absolute atomic E-state index is 3.69. The van der Waals surface area contributed by atoms with Crippen molar-refractivity contribution in [3.05, 3.63) is 94.0 Å². The van der Waals surface area contributed by atoms with Crippen molar-refractivity contribution >= 4 is 15.9 Å². The van der Waals surface area contributed by atoms with E-state index >= 15 is 0 Å².